The predicted octanol–water partition coefficient (Wildman–Crippen LogP) is 1.91. The first kappa shape index (κ1) is 14.6. The normalized spacial score (nSPS) is 23.8. The summed E-state index contributed by atoms with van der Waals surface area (Å²) in [6, 6.07) is 5.99. The second-order valence-corrected chi connectivity index (χ2v) is 5.37. The number of para-hydroxylation sites is 1. The molecule has 2 saturated heterocycles. The summed E-state index contributed by atoms with van der Waals surface area (Å²) in [7, 11) is 1.68. The molecule has 1 aromatic carbocycles. The van der Waals surface area contributed by atoms with E-state index in [1.165, 1.54) is 0 Å². The topological polar surface area (TPSA) is 49.0 Å². The molecule has 2 fully saturated rings. The lowest BCUT2D eigenvalue weighted by atomic mass is 10.1. The molecule has 0 aromatic heterocycles. The van der Waals surface area contributed by atoms with Gasteiger partial charge in [0.05, 0.1) is 33.0 Å². The van der Waals surface area contributed by atoms with Crippen LogP contribution >= 0.6 is 0 Å². The van der Waals surface area contributed by atoms with Crippen LogP contribution in [0.4, 0.5) is 0 Å². The van der Waals surface area contributed by atoms with E-state index in [9.17, 15) is 0 Å². The van der Waals surface area contributed by atoms with Gasteiger partial charge in [-0.25, -0.2) is 0 Å². The van der Waals surface area contributed by atoms with Crippen LogP contribution in [0.15, 0.2) is 18.2 Å². The highest BCUT2D eigenvalue weighted by Crippen LogP contribution is 2.38. The Morgan fingerprint density at radius 3 is 2.76 bits per heavy atom. The number of hydrogen-bond acceptors (Lipinski definition) is 5. The highest BCUT2D eigenvalue weighted by atomic mass is 16.5. The number of nitrogens with one attached hydrogen (secondary N) is 1. The lowest BCUT2D eigenvalue weighted by molar-refractivity contribution is 0.0126. The van der Waals surface area contributed by atoms with E-state index >= 15 is 0 Å². The third-order valence-corrected chi connectivity index (χ3v) is 3.96. The van der Waals surface area contributed by atoms with Crippen LogP contribution in [0.25, 0.3) is 0 Å². The molecule has 0 amide bonds. The molecule has 0 bridgehead atoms. The van der Waals surface area contributed by atoms with E-state index in [2.05, 4.69) is 11.4 Å². The lowest BCUT2D eigenvalue weighted by Gasteiger charge is -2.29. The first-order valence-electron chi connectivity index (χ1n) is 7.62. The first-order valence-corrected chi connectivity index (χ1v) is 7.62. The minimum Gasteiger partial charge on any atom is -0.493 e. The van der Waals surface area contributed by atoms with Gasteiger partial charge in [0.1, 0.15) is 6.10 Å². The van der Waals surface area contributed by atoms with E-state index in [-0.39, 0.29) is 12.2 Å². The predicted molar refractivity (Wildman–Crippen MR) is 79.0 cm³/mol. The number of rotatable bonds is 4. The molecule has 21 heavy (non-hydrogen) atoms. The van der Waals surface area contributed by atoms with E-state index < -0.39 is 0 Å². The van der Waals surface area contributed by atoms with Crippen LogP contribution in [0.1, 0.15) is 24.5 Å². The fourth-order valence-electron chi connectivity index (χ4n) is 2.80. The molecule has 2 heterocycles. The molecule has 1 aromatic rings. The number of hydrogen-bond donors (Lipinski definition) is 1. The smallest absolute Gasteiger partial charge is 0.167 e. The molecule has 2 aliphatic heterocycles. The number of benzene rings is 1. The van der Waals surface area contributed by atoms with Gasteiger partial charge in [-0.1, -0.05) is 12.1 Å². The van der Waals surface area contributed by atoms with Gasteiger partial charge in [-0.15, -0.1) is 0 Å². The number of methoxy groups -OCH3 is 1. The molecule has 0 aliphatic carbocycles. The molecule has 5 nitrogen and oxygen atoms in total. The van der Waals surface area contributed by atoms with Gasteiger partial charge >= 0.3 is 0 Å². The Balaban J connectivity index is 1.83. The van der Waals surface area contributed by atoms with Crippen LogP contribution < -0.4 is 14.8 Å². The summed E-state index contributed by atoms with van der Waals surface area (Å²) in [6.45, 7) is 3.94. The maximum absolute atomic E-state index is 6.25. The van der Waals surface area contributed by atoms with Crippen LogP contribution in [-0.2, 0) is 9.47 Å². The van der Waals surface area contributed by atoms with Crippen LogP contribution in [0.3, 0.4) is 0 Å². The van der Waals surface area contributed by atoms with Crippen LogP contribution in [0.2, 0.25) is 0 Å². The van der Waals surface area contributed by atoms with Crippen molar-refractivity contribution in [1.82, 2.24) is 5.32 Å². The van der Waals surface area contributed by atoms with Crippen molar-refractivity contribution in [3.63, 3.8) is 0 Å². The van der Waals surface area contributed by atoms with Gasteiger partial charge < -0.3 is 24.3 Å². The second-order valence-electron chi connectivity index (χ2n) is 5.37. The summed E-state index contributed by atoms with van der Waals surface area (Å²) in [5, 5.41) is 3.36. The summed E-state index contributed by atoms with van der Waals surface area (Å²) in [6.07, 6.45) is 2.04. The molecule has 1 unspecified atom stereocenters. The standard InChI is InChI=1S/C16H23NO4/c1-18-14-4-2-3-13(15-11-17-7-10-20-15)16(14)21-12-5-8-19-9-6-12/h2-4,12,15,17H,5-11H2,1H3. The highest BCUT2D eigenvalue weighted by molar-refractivity contribution is 5.48. The van der Waals surface area contributed by atoms with Crippen molar-refractivity contribution in [2.75, 3.05) is 40.0 Å². The maximum atomic E-state index is 6.25. The minimum absolute atomic E-state index is 0.0173. The third-order valence-electron chi connectivity index (χ3n) is 3.96. The zero-order valence-corrected chi connectivity index (χ0v) is 12.5. The number of ether oxygens (including phenoxy) is 4. The van der Waals surface area contributed by atoms with E-state index in [0.29, 0.717) is 0 Å². The fraction of sp³-hybridized carbons (Fsp3) is 0.625. The summed E-state index contributed by atoms with van der Waals surface area (Å²) in [5.74, 6) is 1.59. The molecule has 5 heteroatoms. The van der Waals surface area contributed by atoms with Gasteiger partial charge in [0, 0.05) is 31.5 Å². The molecule has 1 atom stereocenters. The first-order chi connectivity index (χ1) is 10.4. The maximum Gasteiger partial charge on any atom is 0.167 e. The Morgan fingerprint density at radius 1 is 1.19 bits per heavy atom. The quantitative estimate of drug-likeness (QED) is 0.919. The average molecular weight is 293 g/mol. The molecule has 0 saturated carbocycles. The van der Waals surface area contributed by atoms with Crippen molar-refractivity contribution in [3.8, 4) is 11.5 Å². The van der Waals surface area contributed by atoms with Crippen molar-refractivity contribution < 1.29 is 18.9 Å². The van der Waals surface area contributed by atoms with Crippen molar-refractivity contribution in [2.24, 2.45) is 0 Å². The van der Waals surface area contributed by atoms with Crippen molar-refractivity contribution in [3.05, 3.63) is 23.8 Å². The zero-order chi connectivity index (χ0) is 14.5. The lowest BCUT2D eigenvalue weighted by Crippen LogP contribution is -2.34. The molecule has 3 rings (SSSR count). The Hall–Kier alpha value is -1.30. The van der Waals surface area contributed by atoms with Crippen molar-refractivity contribution in [1.29, 1.82) is 0 Å². The van der Waals surface area contributed by atoms with Gasteiger partial charge in [0.2, 0.25) is 0 Å². The van der Waals surface area contributed by atoms with E-state index in [1.54, 1.807) is 7.11 Å². The molecular formula is C16H23NO4. The molecule has 116 valence electrons. The molecule has 0 radical (unpaired) electrons. The van der Waals surface area contributed by atoms with E-state index in [4.69, 9.17) is 18.9 Å². The van der Waals surface area contributed by atoms with Gasteiger partial charge in [-0.05, 0) is 6.07 Å². The Bertz CT molecular complexity index is 454. The number of morpholine rings is 1. The van der Waals surface area contributed by atoms with Gasteiger partial charge in [-0.2, -0.15) is 0 Å². The zero-order valence-electron chi connectivity index (χ0n) is 12.5. The monoisotopic (exact) mass is 293 g/mol. The summed E-state index contributed by atoms with van der Waals surface area (Å²) < 4.78 is 23.0. The SMILES string of the molecule is COc1cccc(C2CNCCO2)c1OC1CCOCC1. The van der Waals surface area contributed by atoms with Crippen molar-refractivity contribution >= 4 is 0 Å². The molecule has 0 spiro atoms. The Labute approximate surface area is 125 Å². The summed E-state index contributed by atoms with van der Waals surface area (Å²) >= 11 is 0. The van der Waals surface area contributed by atoms with Crippen LogP contribution in [0, 0.1) is 0 Å². The molecule has 1 N–H and O–H groups in total. The fourth-order valence-corrected chi connectivity index (χ4v) is 2.80. The van der Waals surface area contributed by atoms with Crippen molar-refractivity contribution in [2.45, 2.75) is 25.0 Å². The van der Waals surface area contributed by atoms with E-state index in [1.807, 2.05) is 12.1 Å². The minimum atomic E-state index is 0.0173. The largest absolute Gasteiger partial charge is 0.493 e. The second kappa shape index (κ2) is 7.11. The van der Waals surface area contributed by atoms with Gasteiger partial charge in [0.25, 0.3) is 0 Å². The van der Waals surface area contributed by atoms with Crippen LogP contribution in [-0.4, -0.2) is 46.1 Å². The molecular weight excluding hydrogens is 270 g/mol. The molecule has 2 aliphatic rings. The van der Waals surface area contributed by atoms with E-state index in [0.717, 1.165) is 62.8 Å². The van der Waals surface area contributed by atoms with Gasteiger partial charge in [-0.3, -0.25) is 0 Å². The highest BCUT2D eigenvalue weighted by Gasteiger charge is 2.25. The van der Waals surface area contributed by atoms with Crippen LogP contribution in [0.5, 0.6) is 11.5 Å². The Kier molecular flexibility index (Phi) is 4.95. The average Bonchev–Trinajstić information content (AvgIpc) is 2.57. The summed E-state index contributed by atoms with van der Waals surface area (Å²) in [5.41, 5.74) is 1.06. The Morgan fingerprint density at radius 2 is 2.05 bits per heavy atom. The summed E-state index contributed by atoms with van der Waals surface area (Å²) in [4.78, 5) is 0. The van der Waals surface area contributed by atoms with Gasteiger partial charge in [0.15, 0.2) is 11.5 Å². The third kappa shape index (κ3) is 3.48.